The van der Waals surface area contributed by atoms with Gasteiger partial charge in [0.2, 0.25) is 0 Å². The van der Waals surface area contributed by atoms with Crippen LogP contribution in [0.1, 0.15) is 93.9 Å². The molecule has 1 unspecified atom stereocenters. The number of hydrogen-bond acceptors (Lipinski definition) is 3. The Hall–Kier alpha value is -0.206. The molecule has 2 fully saturated rings. The van der Waals surface area contributed by atoms with Crippen molar-refractivity contribution in [2.75, 3.05) is 0 Å². The highest BCUT2D eigenvalue weighted by Crippen LogP contribution is 2.53. The van der Waals surface area contributed by atoms with E-state index in [9.17, 15) is 5.11 Å². The zero-order valence-electron chi connectivity index (χ0n) is 25.9. The molecule has 0 spiro atoms. The van der Waals surface area contributed by atoms with Crippen LogP contribution >= 0.6 is 0 Å². The second kappa shape index (κ2) is 11.9. The topological polar surface area (TPSA) is 38.7 Å². The molecule has 210 valence electrons. The Kier molecular flexibility index (Phi) is 10.6. The lowest BCUT2D eigenvalue weighted by molar-refractivity contribution is 0.128. The average molecular weight is 537 g/mol. The molecular weight excluding hydrogens is 477 g/mol. The fourth-order valence-electron chi connectivity index (χ4n) is 5.53. The monoisotopic (exact) mass is 536 g/mol. The molecule has 2 rings (SSSR count). The molecule has 1 N–H and O–H groups in total. The predicted octanol–water partition coefficient (Wildman–Crippen LogP) is 9.11. The zero-order valence-corrected chi connectivity index (χ0v) is 27.9. The molecule has 0 bridgehead atoms. The fourth-order valence-corrected chi connectivity index (χ4v) is 8.18. The summed E-state index contributed by atoms with van der Waals surface area (Å²) in [5.74, 6) is 1.65. The Morgan fingerprint density at radius 3 is 2.14 bits per heavy atom. The summed E-state index contributed by atoms with van der Waals surface area (Å²) in [6.45, 7) is 32.3. The van der Waals surface area contributed by atoms with Gasteiger partial charge in [-0.1, -0.05) is 93.4 Å². The number of unbranched alkanes of at least 4 members (excludes halogenated alkanes) is 1. The Labute approximate surface area is 226 Å². The lowest BCUT2D eigenvalue weighted by Gasteiger charge is -2.40. The fraction of sp³-hybridized carbons (Fsp3) is 0.871. The summed E-state index contributed by atoms with van der Waals surface area (Å²) in [4.78, 5) is 0. The SMILES string of the molecule is C=C1C[C@@H]2[C@H](/C=C/[C@H](C[C@@H](C)CCCC)O[Si](C)(C)C(C)(C)C)[C@H](O[Si](C)(C)C(C)(C)C)C[C@@H]2C1O. The lowest BCUT2D eigenvalue weighted by atomic mass is 9.89. The third-order valence-electron chi connectivity index (χ3n) is 10.0. The van der Waals surface area contributed by atoms with Crippen molar-refractivity contribution >= 4 is 16.6 Å². The highest BCUT2D eigenvalue weighted by Gasteiger charge is 2.52. The van der Waals surface area contributed by atoms with Crippen molar-refractivity contribution in [3.05, 3.63) is 24.3 Å². The summed E-state index contributed by atoms with van der Waals surface area (Å²) >= 11 is 0. The summed E-state index contributed by atoms with van der Waals surface area (Å²) in [5, 5.41) is 11.3. The summed E-state index contributed by atoms with van der Waals surface area (Å²) in [7, 11) is -3.82. The average Bonchev–Trinajstić information content (AvgIpc) is 3.17. The van der Waals surface area contributed by atoms with Gasteiger partial charge in [0.25, 0.3) is 0 Å². The number of aliphatic hydroxyl groups is 1. The summed E-state index contributed by atoms with van der Waals surface area (Å²) in [6, 6.07) is 0. The largest absolute Gasteiger partial charge is 0.413 e. The molecule has 0 aromatic rings. The van der Waals surface area contributed by atoms with Crippen LogP contribution in [0.4, 0.5) is 0 Å². The smallest absolute Gasteiger partial charge is 0.192 e. The van der Waals surface area contributed by atoms with Gasteiger partial charge in [-0.3, -0.25) is 0 Å². The lowest BCUT2D eigenvalue weighted by Crippen LogP contribution is -2.45. The van der Waals surface area contributed by atoms with Gasteiger partial charge in [-0.15, -0.1) is 0 Å². The van der Waals surface area contributed by atoms with Gasteiger partial charge in [0.05, 0.1) is 18.3 Å². The molecule has 5 heteroatoms. The number of hydrogen-bond donors (Lipinski definition) is 1. The molecule has 0 saturated heterocycles. The van der Waals surface area contributed by atoms with Crippen LogP contribution in [0.3, 0.4) is 0 Å². The molecule has 0 heterocycles. The molecule has 2 aliphatic rings. The molecule has 0 radical (unpaired) electrons. The van der Waals surface area contributed by atoms with Crippen LogP contribution < -0.4 is 0 Å². The summed E-state index contributed by atoms with van der Waals surface area (Å²) in [6.07, 6.45) is 11.5. The van der Waals surface area contributed by atoms with E-state index in [4.69, 9.17) is 8.85 Å². The second-order valence-electron chi connectivity index (χ2n) is 15.1. The minimum atomic E-state index is -1.92. The van der Waals surface area contributed by atoms with Crippen molar-refractivity contribution in [2.45, 2.75) is 148 Å². The third kappa shape index (κ3) is 7.68. The van der Waals surface area contributed by atoms with Crippen LogP contribution in [0, 0.1) is 23.7 Å². The molecular formula is C31H60O3Si2. The maximum absolute atomic E-state index is 10.9. The number of aliphatic hydroxyl groups excluding tert-OH is 1. The molecule has 0 aromatic carbocycles. The molecule has 7 atom stereocenters. The first-order valence-electron chi connectivity index (χ1n) is 14.7. The van der Waals surface area contributed by atoms with Crippen molar-refractivity contribution in [1.82, 2.24) is 0 Å². The van der Waals surface area contributed by atoms with E-state index in [1.54, 1.807) is 0 Å². The first kappa shape index (κ1) is 32.0. The van der Waals surface area contributed by atoms with Crippen LogP contribution in [0.15, 0.2) is 24.3 Å². The minimum Gasteiger partial charge on any atom is -0.413 e. The van der Waals surface area contributed by atoms with Crippen molar-refractivity contribution in [1.29, 1.82) is 0 Å². The van der Waals surface area contributed by atoms with Gasteiger partial charge in [0.15, 0.2) is 16.6 Å². The van der Waals surface area contributed by atoms with Gasteiger partial charge >= 0.3 is 0 Å². The molecule has 3 nitrogen and oxygen atoms in total. The van der Waals surface area contributed by atoms with Crippen molar-refractivity contribution in [3.8, 4) is 0 Å². The zero-order chi connectivity index (χ0) is 27.7. The van der Waals surface area contributed by atoms with Crippen molar-refractivity contribution < 1.29 is 14.0 Å². The normalized spacial score (nSPS) is 29.7. The quantitative estimate of drug-likeness (QED) is 0.211. The van der Waals surface area contributed by atoms with Gasteiger partial charge in [0.1, 0.15) is 0 Å². The van der Waals surface area contributed by atoms with Crippen LogP contribution in [0.5, 0.6) is 0 Å². The van der Waals surface area contributed by atoms with E-state index in [1.807, 2.05) is 0 Å². The van der Waals surface area contributed by atoms with Crippen molar-refractivity contribution in [3.63, 3.8) is 0 Å². The van der Waals surface area contributed by atoms with Crippen LogP contribution in [-0.4, -0.2) is 40.1 Å². The standard InChI is InChI=1S/C31H60O3Si2/c1-14-15-16-22(2)19-24(33-35(10,11)30(4,5)6)17-18-25-26-20-23(3)29(32)27(26)21-28(25)34-36(12,13)31(7,8)9/h17-18,22,24-29,32H,3,14-16,19-21H2,1-2,4-13H3/b18-17+/t22-,24+,25-,26+,27-,28+,29?/m0/s1. The highest BCUT2D eigenvalue weighted by molar-refractivity contribution is 6.74. The Bertz CT molecular complexity index is 759. The van der Waals surface area contributed by atoms with E-state index in [0.29, 0.717) is 17.8 Å². The van der Waals surface area contributed by atoms with E-state index in [0.717, 1.165) is 24.8 Å². The first-order chi connectivity index (χ1) is 16.3. The number of fused-ring (bicyclic) bond motifs is 1. The molecule has 0 aliphatic heterocycles. The summed E-state index contributed by atoms with van der Waals surface area (Å²) in [5.41, 5.74) is 1.01. The van der Waals surface area contributed by atoms with E-state index in [-0.39, 0.29) is 34.3 Å². The van der Waals surface area contributed by atoms with E-state index in [1.165, 1.54) is 19.3 Å². The molecule has 0 aromatic heterocycles. The number of rotatable bonds is 11. The third-order valence-corrected chi connectivity index (χ3v) is 19.0. The predicted molar refractivity (Wildman–Crippen MR) is 161 cm³/mol. The molecule has 0 amide bonds. The Morgan fingerprint density at radius 1 is 1.03 bits per heavy atom. The second-order valence-corrected chi connectivity index (χ2v) is 24.7. The van der Waals surface area contributed by atoms with E-state index >= 15 is 0 Å². The molecule has 2 saturated carbocycles. The van der Waals surface area contributed by atoms with Gasteiger partial charge < -0.3 is 14.0 Å². The van der Waals surface area contributed by atoms with Gasteiger partial charge in [-0.2, -0.15) is 0 Å². The highest BCUT2D eigenvalue weighted by atomic mass is 28.4. The van der Waals surface area contributed by atoms with E-state index < -0.39 is 16.6 Å². The maximum atomic E-state index is 10.9. The van der Waals surface area contributed by atoms with Crippen LogP contribution in [0.2, 0.25) is 36.3 Å². The van der Waals surface area contributed by atoms with Crippen LogP contribution in [0.25, 0.3) is 0 Å². The van der Waals surface area contributed by atoms with Gasteiger partial charge in [-0.05, 0) is 78.9 Å². The van der Waals surface area contributed by atoms with Gasteiger partial charge in [-0.25, -0.2) is 0 Å². The Morgan fingerprint density at radius 2 is 1.61 bits per heavy atom. The first-order valence-corrected chi connectivity index (χ1v) is 20.5. The summed E-state index contributed by atoms with van der Waals surface area (Å²) < 4.78 is 14.0. The Balaban J connectivity index is 2.34. The molecule has 2 aliphatic carbocycles. The molecule has 36 heavy (non-hydrogen) atoms. The van der Waals surface area contributed by atoms with Crippen LogP contribution in [-0.2, 0) is 8.85 Å². The minimum absolute atomic E-state index is 0.139. The van der Waals surface area contributed by atoms with E-state index in [2.05, 4.69) is 100 Å². The van der Waals surface area contributed by atoms with Gasteiger partial charge in [0, 0.05) is 5.92 Å². The van der Waals surface area contributed by atoms with Crippen molar-refractivity contribution in [2.24, 2.45) is 23.7 Å². The maximum Gasteiger partial charge on any atom is 0.192 e.